The van der Waals surface area contributed by atoms with Crippen LogP contribution in [0.1, 0.15) is 266 Å². The van der Waals surface area contributed by atoms with Gasteiger partial charge in [-0.3, -0.25) is 14.4 Å². The number of ether oxygens (including phenoxy) is 3. The third-order valence-corrected chi connectivity index (χ3v) is 11.9. The molecule has 6 heteroatoms. The summed E-state index contributed by atoms with van der Waals surface area (Å²) in [5.74, 6) is 1.61. The van der Waals surface area contributed by atoms with Crippen LogP contribution < -0.4 is 0 Å². The van der Waals surface area contributed by atoms with Crippen LogP contribution >= 0.6 is 0 Å². The van der Waals surface area contributed by atoms with E-state index in [1.165, 1.54) is 148 Å². The largest absolute Gasteiger partial charge is 0.462 e. The Kier molecular flexibility index (Phi) is 40.4. The molecule has 2 unspecified atom stereocenters. The van der Waals surface area contributed by atoms with Crippen LogP contribution in [0.4, 0.5) is 0 Å². The third kappa shape index (κ3) is 40.6. The molecule has 3 atom stereocenters. The van der Waals surface area contributed by atoms with E-state index in [1.807, 2.05) is 0 Å². The van der Waals surface area contributed by atoms with Crippen LogP contribution in [0.15, 0.2) is 0 Å². The number of carbonyl (C=O) groups is 3. The van der Waals surface area contributed by atoms with Gasteiger partial charge in [0.1, 0.15) is 13.2 Å². The molecule has 0 fully saturated rings. The molecule has 0 rings (SSSR count). The van der Waals surface area contributed by atoms with E-state index in [0.717, 1.165) is 75.5 Å². The molecule has 6 nitrogen and oxygen atoms in total. The maximum atomic E-state index is 12.7. The van der Waals surface area contributed by atoms with Crippen LogP contribution in [-0.2, 0) is 28.6 Å². The Hall–Kier alpha value is -1.59. The van der Waals surface area contributed by atoms with E-state index in [9.17, 15) is 14.4 Å². The Balaban J connectivity index is 4.25. The van der Waals surface area contributed by atoms with Gasteiger partial charge < -0.3 is 14.2 Å². The van der Waals surface area contributed by atoms with Gasteiger partial charge in [0.15, 0.2) is 6.10 Å². The van der Waals surface area contributed by atoms with Gasteiger partial charge in [0.25, 0.3) is 0 Å². The van der Waals surface area contributed by atoms with Crippen LogP contribution in [-0.4, -0.2) is 37.2 Å². The van der Waals surface area contributed by atoms with Gasteiger partial charge in [-0.15, -0.1) is 0 Å². The van der Waals surface area contributed by atoms with Crippen LogP contribution in [0.2, 0.25) is 0 Å². The average molecular weight is 793 g/mol. The first-order valence-corrected chi connectivity index (χ1v) is 24.7. The Morgan fingerprint density at radius 3 is 0.929 bits per heavy atom. The highest BCUT2D eigenvalue weighted by molar-refractivity contribution is 5.71. The molecule has 0 saturated heterocycles. The van der Waals surface area contributed by atoms with Crippen molar-refractivity contribution < 1.29 is 28.6 Å². The van der Waals surface area contributed by atoms with Gasteiger partial charge in [0, 0.05) is 19.3 Å². The lowest BCUT2D eigenvalue weighted by Gasteiger charge is -2.18. The number of esters is 3. The standard InChI is InChI=1S/C50H96O6/c1-7-45(5)37-31-25-20-22-28-34-40-49(52)55-43-47(56-50(53)41-35-29-23-21-26-32-38-46(6)8-2)42-54-48(51)39-33-27-19-17-15-13-11-9-10-12-14-16-18-24-30-36-44(3)4/h44-47H,7-43H2,1-6H3/t45?,46?,47-/m0/s1. The van der Waals surface area contributed by atoms with E-state index in [4.69, 9.17) is 14.2 Å². The van der Waals surface area contributed by atoms with Crippen LogP contribution in [0.3, 0.4) is 0 Å². The van der Waals surface area contributed by atoms with E-state index in [1.54, 1.807) is 0 Å². The highest BCUT2D eigenvalue weighted by Crippen LogP contribution is 2.18. The molecule has 0 radical (unpaired) electrons. The van der Waals surface area contributed by atoms with Gasteiger partial charge in [-0.05, 0) is 37.0 Å². The second-order valence-electron chi connectivity index (χ2n) is 18.1. The molecular formula is C50H96O6. The molecule has 0 bridgehead atoms. The van der Waals surface area contributed by atoms with Crippen molar-refractivity contribution >= 4 is 17.9 Å². The van der Waals surface area contributed by atoms with Gasteiger partial charge >= 0.3 is 17.9 Å². The topological polar surface area (TPSA) is 78.9 Å². The molecule has 0 spiro atoms. The predicted octanol–water partition coefficient (Wildman–Crippen LogP) is 15.6. The van der Waals surface area contributed by atoms with Gasteiger partial charge in [0.2, 0.25) is 0 Å². The summed E-state index contributed by atoms with van der Waals surface area (Å²) in [7, 11) is 0. The molecule has 0 N–H and O–H groups in total. The van der Waals surface area contributed by atoms with Crippen molar-refractivity contribution in [2.75, 3.05) is 13.2 Å². The normalized spacial score (nSPS) is 13.1. The Bertz CT molecular complexity index is 872. The molecule has 0 aromatic rings. The monoisotopic (exact) mass is 793 g/mol. The van der Waals surface area contributed by atoms with E-state index in [-0.39, 0.29) is 31.1 Å². The lowest BCUT2D eigenvalue weighted by molar-refractivity contribution is -0.167. The van der Waals surface area contributed by atoms with Crippen molar-refractivity contribution in [2.24, 2.45) is 17.8 Å². The molecule has 0 heterocycles. The molecule has 0 amide bonds. The Morgan fingerprint density at radius 1 is 0.357 bits per heavy atom. The molecule has 0 aromatic carbocycles. The summed E-state index contributed by atoms with van der Waals surface area (Å²) >= 11 is 0. The van der Waals surface area contributed by atoms with Gasteiger partial charge in [0.05, 0.1) is 0 Å². The van der Waals surface area contributed by atoms with Crippen molar-refractivity contribution in [1.82, 2.24) is 0 Å². The molecule has 0 aromatic heterocycles. The van der Waals surface area contributed by atoms with Crippen molar-refractivity contribution in [1.29, 1.82) is 0 Å². The number of hydrogen-bond donors (Lipinski definition) is 0. The summed E-state index contributed by atoms with van der Waals surface area (Å²) in [6.07, 6.45) is 39.5. The fraction of sp³-hybridized carbons (Fsp3) is 0.940. The zero-order chi connectivity index (χ0) is 41.3. The van der Waals surface area contributed by atoms with E-state index < -0.39 is 6.10 Å². The zero-order valence-corrected chi connectivity index (χ0v) is 38.4. The summed E-state index contributed by atoms with van der Waals surface area (Å²) in [6, 6.07) is 0. The fourth-order valence-electron chi connectivity index (χ4n) is 7.34. The van der Waals surface area contributed by atoms with Gasteiger partial charge in [-0.25, -0.2) is 0 Å². The number of rotatable bonds is 43. The first-order chi connectivity index (χ1) is 27.2. The van der Waals surface area contributed by atoms with E-state index >= 15 is 0 Å². The quantitative estimate of drug-likeness (QED) is 0.0348. The van der Waals surface area contributed by atoms with Crippen molar-refractivity contribution in [3.05, 3.63) is 0 Å². The Labute approximate surface area is 348 Å². The first kappa shape index (κ1) is 54.4. The highest BCUT2D eigenvalue weighted by Gasteiger charge is 2.19. The van der Waals surface area contributed by atoms with E-state index in [0.29, 0.717) is 19.3 Å². The molecule has 56 heavy (non-hydrogen) atoms. The zero-order valence-electron chi connectivity index (χ0n) is 38.4. The lowest BCUT2D eigenvalue weighted by atomic mass is 10.00. The van der Waals surface area contributed by atoms with Crippen LogP contribution in [0.5, 0.6) is 0 Å². The maximum absolute atomic E-state index is 12.7. The van der Waals surface area contributed by atoms with Crippen LogP contribution in [0.25, 0.3) is 0 Å². The SMILES string of the molecule is CCC(C)CCCCCCCCC(=O)OC[C@H](COC(=O)CCCCCCCCCCCCCCCCCC(C)C)OC(=O)CCCCCCCCC(C)CC. The highest BCUT2D eigenvalue weighted by atomic mass is 16.6. The minimum Gasteiger partial charge on any atom is -0.462 e. The second-order valence-corrected chi connectivity index (χ2v) is 18.1. The molecular weight excluding hydrogens is 697 g/mol. The summed E-state index contributed by atoms with van der Waals surface area (Å²) < 4.78 is 16.7. The maximum Gasteiger partial charge on any atom is 0.306 e. The van der Waals surface area contributed by atoms with Gasteiger partial charge in [-0.1, -0.05) is 228 Å². The summed E-state index contributed by atoms with van der Waals surface area (Å²) in [5, 5.41) is 0. The fourth-order valence-corrected chi connectivity index (χ4v) is 7.34. The molecule has 0 saturated carbocycles. The number of carbonyl (C=O) groups excluding carboxylic acids is 3. The van der Waals surface area contributed by atoms with Crippen molar-refractivity contribution in [2.45, 2.75) is 272 Å². The van der Waals surface area contributed by atoms with Crippen molar-refractivity contribution in [3.8, 4) is 0 Å². The smallest absolute Gasteiger partial charge is 0.306 e. The third-order valence-electron chi connectivity index (χ3n) is 11.9. The average Bonchev–Trinajstić information content (AvgIpc) is 3.18. The lowest BCUT2D eigenvalue weighted by Crippen LogP contribution is -2.30. The number of unbranched alkanes of at least 4 members (excludes halogenated alkanes) is 24. The molecule has 0 aliphatic rings. The first-order valence-electron chi connectivity index (χ1n) is 24.7. The van der Waals surface area contributed by atoms with Gasteiger partial charge in [-0.2, -0.15) is 0 Å². The summed E-state index contributed by atoms with van der Waals surface area (Å²) in [4.78, 5) is 37.8. The predicted molar refractivity (Wildman–Crippen MR) is 238 cm³/mol. The summed E-state index contributed by atoms with van der Waals surface area (Å²) in [5.41, 5.74) is 0. The van der Waals surface area contributed by atoms with E-state index in [2.05, 4.69) is 41.5 Å². The minimum atomic E-state index is -0.763. The number of hydrogen-bond acceptors (Lipinski definition) is 6. The minimum absolute atomic E-state index is 0.0665. The summed E-state index contributed by atoms with van der Waals surface area (Å²) in [6.45, 7) is 13.7. The van der Waals surface area contributed by atoms with Crippen LogP contribution in [0, 0.1) is 17.8 Å². The Morgan fingerprint density at radius 2 is 0.625 bits per heavy atom. The molecule has 0 aliphatic heterocycles. The van der Waals surface area contributed by atoms with Crippen molar-refractivity contribution in [3.63, 3.8) is 0 Å². The second kappa shape index (κ2) is 41.6. The molecule has 332 valence electrons. The molecule has 0 aliphatic carbocycles.